The molecule has 6 heteroatoms. The number of rotatable bonds is 2. The van der Waals surface area contributed by atoms with Crippen molar-refractivity contribution >= 4 is 44.9 Å². The monoisotopic (exact) mass is 319 g/mol. The number of anilines is 1. The molecule has 2 aliphatic heterocycles. The fraction of sp³-hybridized carbons (Fsp3) is 0.467. The molecular weight excluding hydrogens is 302 g/mol. The zero-order valence-electron chi connectivity index (χ0n) is 11.7. The zero-order valence-corrected chi connectivity index (χ0v) is 13.3. The molecule has 0 radical (unpaired) electrons. The van der Waals surface area contributed by atoms with Crippen LogP contribution >= 0.6 is 23.1 Å². The number of carbonyl (C=O) groups is 1. The van der Waals surface area contributed by atoms with Crippen molar-refractivity contribution < 1.29 is 4.79 Å². The summed E-state index contributed by atoms with van der Waals surface area (Å²) in [6.07, 6.45) is 1.87. The SMILES string of the molecule is O=C(C1CN(c2nccc3sccc23)C1)N1CCSCC1. The predicted molar refractivity (Wildman–Crippen MR) is 89.2 cm³/mol. The van der Waals surface area contributed by atoms with E-state index in [0.717, 1.165) is 43.5 Å². The highest BCUT2D eigenvalue weighted by Crippen LogP contribution is 2.33. The maximum absolute atomic E-state index is 12.4. The molecule has 2 aromatic rings. The molecule has 0 bridgehead atoms. The molecule has 0 atom stereocenters. The number of fused-ring (bicyclic) bond motifs is 1. The first-order valence-electron chi connectivity index (χ1n) is 7.26. The second-order valence-corrected chi connectivity index (χ2v) is 7.68. The van der Waals surface area contributed by atoms with Gasteiger partial charge in [-0.15, -0.1) is 11.3 Å². The molecule has 4 heterocycles. The Morgan fingerprint density at radius 3 is 2.86 bits per heavy atom. The molecule has 2 fully saturated rings. The van der Waals surface area contributed by atoms with E-state index < -0.39 is 0 Å². The van der Waals surface area contributed by atoms with Crippen LogP contribution in [0.2, 0.25) is 0 Å². The van der Waals surface area contributed by atoms with Crippen LogP contribution in [0.15, 0.2) is 23.7 Å². The number of amides is 1. The lowest BCUT2D eigenvalue weighted by Gasteiger charge is -2.42. The molecule has 0 saturated carbocycles. The summed E-state index contributed by atoms with van der Waals surface area (Å²) < 4.78 is 1.27. The Hall–Kier alpha value is -1.27. The lowest BCUT2D eigenvalue weighted by atomic mass is 9.98. The van der Waals surface area contributed by atoms with Crippen molar-refractivity contribution in [2.45, 2.75) is 0 Å². The third-order valence-electron chi connectivity index (χ3n) is 4.21. The van der Waals surface area contributed by atoms with Crippen molar-refractivity contribution in [3.8, 4) is 0 Å². The lowest BCUT2D eigenvalue weighted by molar-refractivity contribution is -0.135. The van der Waals surface area contributed by atoms with E-state index in [1.54, 1.807) is 11.3 Å². The largest absolute Gasteiger partial charge is 0.354 e. The fourth-order valence-corrected chi connectivity index (χ4v) is 4.66. The maximum Gasteiger partial charge on any atom is 0.229 e. The predicted octanol–water partition coefficient (Wildman–Crippen LogP) is 2.31. The summed E-state index contributed by atoms with van der Waals surface area (Å²) in [5.74, 6) is 3.69. The van der Waals surface area contributed by atoms with E-state index in [-0.39, 0.29) is 5.92 Å². The van der Waals surface area contributed by atoms with Gasteiger partial charge in [-0.1, -0.05) is 0 Å². The molecular formula is C15H17N3OS2. The number of hydrogen-bond acceptors (Lipinski definition) is 5. The van der Waals surface area contributed by atoms with Crippen LogP contribution in [0.3, 0.4) is 0 Å². The van der Waals surface area contributed by atoms with Crippen LogP contribution in [0, 0.1) is 5.92 Å². The first-order chi connectivity index (χ1) is 10.3. The smallest absolute Gasteiger partial charge is 0.229 e. The van der Waals surface area contributed by atoms with Crippen molar-refractivity contribution in [1.29, 1.82) is 0 Å². The van der Waals surface area contributed by atoms with Gasteiger partial charge >= 0.3 is 0 Å². The summed E-state index contributed by atoms with van der Waals surface area (Å²) in [5, 5.41) is 3.31. The summed E-state index contributed by atoms with van der Waals surface area (Å²) >= 11 is 3.68. The Morgan fingerprint density at radius 1 is 1.24 bits per heavy atom. The summed E-state index contributed by atoms with van der Waals surface area (Å²) in [5.41, 5.74) is 0. The second kappa shape index (κ2) is 5.50. The van der Waals surface area contributed by atoms with E-state index in [1.807, 2.05) is 22.9 Å². The number of carbonyl (C=O) groups excluding carboxylic acids is 1. The van der Waals surface area contributed by atoms with E-state index in [1.165, 1.54) is 10.1 Å². The number of thiophene rings is 1. The van der Waals surface area contributed by atoms with Crippen LogP contribution in [0.5, 0.6) is 0 Å². The van der Waals surface area contributed by atoms with Gasteiger partial charge in [-0.2, -0.15) is 11.8 Å². The number of nitrogens with zero attached hydrogens (tertiary/aromatic N) is 3. The highest BCUT2D eigenvalue weighted by atomic mass is 32.2. The van der Waals surface area contributed by atoms with E-state index in [0.29, 0.717) is 5.91 Å². The molecule has 0 unspecified atom stereocenters. The maximum atomic E-state index is 12.4. The Bertz CT molecular complexity index is 660. The molecule has 4 rings (SSSR count). The van der Waals surface area contributed by atoms with E-state index in [9.17, 15) is 4.79 Å². The van der Waals surface area contributed by atoms with Crippen molar-refractivity contribution in [2.75, 3.05) is 42.6 Å². The highest BCUT2D eigenvalue weighted by Gasteiger charge is 2.36. The third-order valence-corrected chi connectivity index (χ3v) is 6.04. The van der Waals surface area contributed by atoms with Gasteiger partial charge < -0.3 is 9.80 Å². The van der Waals surface area contributed by atoms with E-state index in [4.69, 9.17) is 0 Å². The van der Waals surface area contributed by atoms with Gasteiger partial charge in [-0.3, -0.25) is 4.79 Å². The average Bonchev–Trinajstić information content (AvgIpc) is 2.96. The van der Waals surface area contributed by atoms with Gasteiger partial charge in [-0.25, -0.2) is 4.98 Å². The van der Waals surface area contributed by atoms with Gasteiger partial charge in [0.15, 0.2) is 0 Å². The topological polar surface area (TPSA) is 36.4 Å². The van der Waals surface area contributed by atoms with Crippen molar-refractivity contribution in [3.05, 3.63) is 23.7 Å². The summed E-state index contributed by atoms with van der Waals surface area (Å²) in [6.45, 7) is 3.45. The van der Waals surface area contributed by atoms with Gasteiger partial charge in [0, 0.05) is 54.0 Å². The molecule has 4 nitrogen and oxygen atoms in total. The molecule has 0 spiro atoms. The van der Waals surface area contributed by atoms with Crippen LogP contribution in [0.25, 0.3) is 10.1 Å². The minimum Gasteiger partial charge on any atom is -0.354 e. The summed E-state index contributed by atoms with van der Waals surface area (Å²) in [4.78, 5) is 21.2. The quantitative estimate of drug-likeness (QED) is 0.851. The second-order valence-electron chi connectivity index (χ2n) is 5.51. The standard InChI is InChI=1S/C15H17N3OS2/c19-15(17-4-7-20-8-5-17)11-9-18(10-11)14-12-2-6-21-13(12)1-3-16-14/h1-3,6,11H,4-5,7-10H2. The Balaban J connectivity index is 1.45. The Labute approximate surface area is 132 Å². The van der Waals surface area contributed by atoms with Gasteiger partial charge in [-0.05, 0) is 17.5 Å². The first kappa shape index (κ1) is 13.4. The number of thioether (sulfide) groups is 1. The van der Waals surface area contributed by atoms with Crippen LogP contribution in [0.4, 0.5) is 5.82 Å². The van der Waals surface area contributed by atoms with E-state index >= 15 is 0 Å². The number of pyridine rings is 1. The van der Waals surface area contributed by atoms with Gasteiger partial charge in [0.05, 0.1) is 5.92 Å². The van der Waals surface area contributed by atoms with Crippen LogP contribution in [-0.2, 0) is 4.79 Å². The summed E-state index contributed by atoms with van der Waals surface area (Å²) in [6, 6.07) is 4.18. The normalized spacial score (nSPS) is 19.8. The molecule has 2 saturated heterocycles. The molecule has 1 amide bonds. The molecule has 0 aromatic carbocycles. The van der Waals surface area contributed by atoms with Crippen molar-refractivity contribution in [2.24, 2.45) is 5.92 Å². The first-order valence-corrected chi connectivity index (χ1v) is 9.30. The van der Waals surface area contributed by atoms with Gasteiger partial charge in [0.25, 0.3) is 0 Å². The van der Waals surface area contributed by atoms with Crippen LogP contribution < -0.4 is 4.90 Å². The minimum absolute atomic E-state index is 0.156. The molecule has 2 aromatic heterocycles. The zero-order chi connectivity index (χ0) is 14.2. The van der Waals surface area contributed by atoms with E-state index in [2.05, 4.69) is 27.4 Å². The Morgan fingerprint density at radius 2 is 2.05 bits per heavy atom. The lowest BCUT2D eigenvalue weighted by Crippen LogP contribution is -2.56. The molecule has 21 heavy (non-hydrogen) atoms. The number of aromatic nitrogens is 1. The highest BCUT2D eigenvalue weighted by molar-refractivity contribution is 7.99. The average molecular weight is 319 g/mol. The van der Waals surface area contributed by atoms with Crippen LogP contribution in [0.1, 0.15) is 0 Å². The Kier molecular flexibility index (Phi) is 3.51. The van der Waals surface area contributed by atoms with Gasteiger partial charge in [0.2, 0.25) is 5.91 Å². The minimum atomic E-state index is 0.156. The molecule has 110 valence electrons. The molecule has 0 aliphatic carbocycles. The van der Waals surface area contributed by atoms with Crippen molar-refractivity contribution in [3.63, 3.8) is 0 Å². The van der Waals surface area contributed by atoms with Crippen LogP contribution in [-0.4, -0.2) is 53.5 Å². The fourth-order valence-electron chi connectivity index (χ4n) is 2.98. The summed E-state index contributed by atoms with van der Waals surface area (Å²) in [7, 11) is 0. The van der Waals surface area contributed by atoms with Crippen molar-refractivity contribution in [1.82, 2.24) is 9.88 Å². The van der Waals surface area contributed by atoms with Gasteiger partial charge in [0.1, 0.15) is 5.82 Å². The molecule has 2 aliphatic rings. The molecule has 0 N–H and O–H groups in total. The third kappa shape index (κ3) is 2.40. The number of hydrogen-bond donors (Lipinski definition) is 0.